The van der Waals surface area contributed by atoms with E-state index < -0.39 is 10.0 Å². The zero-order valence-corrected chi connectivity index (χ0v) is 15.2. The lowest BCUT2D eigenvalue weighted by molar-refractivity contribution is 0.402. The van der Waals surface area contributed by atoms with Crippen molar-refractivity contribution in [3.05, 3.63) is 48.2 Å². The van der Waals surface area contributed by atoms with Crippen LogP contribution in [0.2, 0.25) is 0 Å². The maximum Gasteiger partial charge on any atom is 0.265 e. The van der Waals surface area contributed by atoms with Crippen LogP contribution >= 0.6 is 11.5 Å². The van der Waals surface area contributed by atoms with Gasteiger partial charge in [0.15, 0.2) is 0 Å². The summed E-state index contributed by atoms with van der Waals surface area (Å²) in [5.41, 5.74) is 1.44. The molecule has 0 saturated heterocycles. The number of ether oxygens (including phenoxy) is 1. The number of methoxy groups -OCH3 is 1. The van der Waals surface area contributed by atoms with Gasteiger partial charge in [-0.3, -0.25) is 4.72 Å². The van der Waals surface area contributed by atoms with E-state index in [0.717, 1.165) is 15.6 Å². The third-order valence-electron chi connectivity index (χ3n) is 3.75. The van der Waals surface area contributed by atoms with Crippen molar-refractivity contribution < 1.29 is 13.2 Å². The first-order chi connectivity index (χ1) is 11.4. The molecule has 3 aromatic rings. The number of hydrogen-bond acceptors (Lipinski definition) is 5. The number of benzene rings is 2. The van der Waals surface area contributed by atoms with E-state index in [1.54, 1.807) is 30.5 Å². The Balaban J connectivity index is 2.01. The van der Waals surface area contributed by atoms with Gasteiger partial charge >= 0.3 is 0 Å². The van der Waals surface area contributed by atoms with Crippen LogP contribution in [0.5, 0.6) is 5.75 Å². The van der Waals surface area contributed by atoms with E-state index in [1.165, 1.54) is 18.6 Å². The minimum absolute atomic E-state index is 0.139. The van der Waals surface area contributed by atoms with Gasteiger partial charge in [-0.1, -0.05) is 19.9 Å². The molecule has 0 saturated carbocycles. The van der Waals surface area contributed by atoms with Crippen LogP contribution < -0.4 is 9.46 Å². The second-order valence-corrected chi connectivity index (χ2v) is 8.23. The first-order valence-corrected chi connectivity index (χ1v) is 9.71. The third kappa shape index (κ3) is 3.22. The molecule has 1 N–H and O–H groups in total. The van der Waals surface area contributed by atoms with Crippen LogP contribution in [0, 0.1) is 0 Å². The number of aromatic nitrogens is 1. The van der Waals surface area contributed by atoms with Crippen molar-refractivity contribution in [2.24, 2.45) is 0 Å². The first kappa shape index (κ1) is 16.7. The quantitative estimate of drug-likeness (QED) is 0.737. The second kappa shape index (κ2) is 6.41. The SMILES string of the molecule is COc1ccc(C(C)C)cc1S(=O)(=O)Nc1ccc2sncc2c1. The van der Waals surface area contributed by atoms with Gasteiger partial charge in [-0.05, 0) is 53.3 Å². The first-order valence-electron chi connectivity index (χ1n) is 7.46. The average molecular weight is 362 g/mol. The summed E-state index contributed by atoms with van der Waals surface area (Å²) in [7, 11) is -2.29. The van der Waals surface area contributed by atoms with Crippen LogP contribution in [-0.2, 0) is 10.0 Å². The molecule has 0 aliphatic carbocycles. The Morgan fingerprint density at radius 1 is 1.17 bits per heavy atom. The van der Waals surface area contributed by atoms with E-state index in [2.05, 4.69) is 9.10 Å². The van der Waals surface area contributed by atoms with E-state index in [9.17, 15) is 8.42 Å². The Labute approximate surface area is 145 Å². The highest BCUT2D eigenvalue weighted by Crippen LogP contribution is 2.30. The van der Waals surface area contributed by atoms with Crippen molar-refractivity contribution >= 4 is 37.3 Å². The van der Waals surface area contributed by atoms with Gasteiger partial charge in [0.25, 0.3) is 10.0 Å². The van der Waals surface area contributed by atoms with E-state index in [4.69, 9.17) is 4.74 Å². The fraction of sp³-hybridized carbons (Fsp3) is 0.235. The molecule has 1 aromatic heterocycles. The fourth-order valence-corrected chi connectivity index (χ4v) is 4.29. The highest BCUT2D eigenvalue weighted by atomic mass is 32.2. The minimum atomic E-state index is -3.76. The van der Waals surface area contributed by atoms with Gasteiger partial charge in [-0.2, -0.15) is 4.37 Å². The summed E-state index contributed by atoms with van der Waals surface area (Å²) < 4.78 is 38.6. The smallest absolute Gasteiger partial charge is 0.265 e. The van der Waals surface area contributed by atoms with Gasteiger partial charge in [0.05, 0.1) is 11.8 Å². The van der Waals surface area contributed by atoms with E-state index >= 15 is 0 Å². The normalized spacial score (nSPS) is 11.8. The summed E-state index contributed by atoms with van der Waals surface area (Å²) in [5, 5.41) is 0.906. The molecule has 126 valence electrons. The summed E-state index contributed by atoms with van der Waals surface area (Å²) >= 11 is 1.37. The Morgan fingerprint density at radius 2 is 1.96 bits per heavy atom. The number of anilines is 1. The predicted molar refractivity (Wildman–Crippen MR) is 97.5 cm³/mol. The zero-order valence-electron chi connectivity index (χ0n) is 13.6. The van der Waals surface area contributed by atoms with Gasteiger partial charge in [0.2, 0.25) is 0 Å². The van der Waals surface area contributed by atoms with Crippen LogP contribution in [0.3, 0.4) is 0 Å². The van der Waals surface area contributed by atoms with Gasteiger partial charge < -0.3 is 4.74 Å². The van der Waals surface area contributed by atoms with Crippen molar-refractivity contribution in [1.82, 2.24) is 4.37 Å². The number of nitrogens with one attached hydrogen (secondary N) is 1. The molecular weight excluding hydrogens is 344 g/mol. The molecule has 1 heterocycles. The maximum atomic E-state index is 12.8. The summed E-state index contributed by atoms with van der Waals surface area (Å²) in [6.45, 7) is 4.03. The molecule has 0 bridgehead atoms. The van der Waals surface area contributed by atoms with Crippen molar-refractivity contribution in [2.75, 3.05) is 11.8 Å². The molecule has 0 aliphatic rings. The highest BCUT2D eigenvalue weighted by Gasteiger charge is 2.21. The molecule has 2 aromatic carbocycles. The van der Waals surface area contributed by atoms with E-state index in [-0.39, 0.29) is 10.8 Å². The van der Waals surface area contributed by atoms with Crippen molar-refractivity contribution in [3.8, 4) is 5.75 Å². The summed E-state index contributed by atoms with van der Waals surface area (Å²) in [6.07, 6.45) is 1.72. The minimum Gasteiger partial charge on any atom is -0.495 e. The van der Waals surface area contributed by atoms with Crippen LogP contribution in [0.25, 0.3) is 10.1 Å². The summed E-state index contributed by atoms with van der Waals surface area (Å²) in [6, 6.07) is 10.6. The predicted octanol–water partition coefficient (Wildman–Crippen LogP) is 4.23. The van der Waals surface area contributed by atoms with Gasteiger partial charge in [0, 0.05) is 17.3 Å². The largest absolute Gasteiger partial charge is 0.495 e. The van der Waals surface area contributed by atoms with Crippen molar-refractivity contribution in [3.63, 3.8) is 0 Å². The molecule has 5 nitrogen and oxygen atoms in total. The molecule has 0 unspecified atom stereocenters. The van der Waals surface area contributed by atoms with E-state index in [1.807, 2.05) is 26.0 Å². The van der Waals surface area contributed by atoms with Crippen LogP contribution in [0.1, 0.15) is 25.3 Å². The Kier molecular flexibility index (Phi) is 4.47. The zero-order chi connectivity index (χ0) is 17.3. The standard InChI is InChI=1S/C17H18N2O3S2/c1-11(2)12-4-6-15(22-3)17(9-12)24(20,21)19-14-5-7-16-13(8-14)10-18-23-16/h4-11,19H,1-3H3. The summed E-state index contributed by atoms with van der Waals surface area (Å²) in [4.78, 5) is 0.139. The average Bonchev–Trinajstić information content (AvgIpc) is 3.01. The number of sulfonamides is 1. The lowest BCUT2D eigenvalue weighted by Crippen LogP contribution is -2.14. The van der Waals surface area contributed by atoms with Gasteiger partial charge in [-0.25, -0.2) is 8.42 Å². The summed E-state index contributed by atoms with van der Waals surface area (Å²) in [5.74, 6) is 0.545. The third-order valence-corrected chi connectivity index (χ3v) is 5.93. The number of nitrogens with zero attached hydrogens (tertiary/aromatic N) is 1. The van der Waals surface area contributed by atoms with Crippen LogP contribution in [0.15, 0.2) is 47.5 Å². The lowest BCUT2D eigenvalue weighted by Gasteiger charge is -2.14. The molecule has 0 atom stereocenters. The van der Waals surface area contributed by atoms with Crippen molar-refractivity contribution in [2.45, 2.75) is 24.7 Å². The topological polar surface area (TPSA) is 68.3 Å². The molecule has 24 heavy (non-hydrogen) atoms. The molecule has 0 fully saturated rings. The molecule has 3 rings (SSSR count). The monoisotopic (exact) mass is 362 g/mol. The lowest BCUT2D eigenvalue weighted by atomic mass is 10.0. The number of rotatable bonds is 5. The highest BCUT2D eigenvalue weighted by molar-refractivity contribution is 7.92. The Hall–Kier alpha value is -2.12. The molecule has 0 spiro atoms. The van der Waals surface area contributed by atoms with Gasteiger partial charge in [0.1, 0.15) is 10.6 Å². The maximum absolute atomic E-state index is 12.8. The number of hydrogen-bond donors (Lipinski definition) is 1. The Bertz CT molecular complexity index is 978. The molecule has 7 heteroatoms. The van der Waals surface area contributed by atoms with Crippen LogP contribution in [-0.4, -0.2) is 19.9 Å². The fourth-order valence-electron chi connectivity index (χ4n) is 2.41. The number of fused-ring (bicyclic) bond motifs is 1. The van der Waals surface area contributed by atoms with Crippen LogP contribution in [0.4, 0.5) is 5.69 Å². The second-order valence-electron chi connectivity index (χ2n) is 5.75. The van der Waals surface area contributed by atoms with Gasteiger partial charge in [-0.15, -0.1) is 0 Å². The van der Waals surface area contributed by atoms with Crippen molar-refractivity contribution in [1.29, 1.82) is 0 Å². The molecule has 0 aliphatic heterocycles. The molecular formula is C17H18N2O3S2. The molecule has 0 amide bonds. The molecule has 0 radical (unpaired) electrons. The van der Waals surface area contributed by atoms with E-state index in [0.29, 0.717) is 11.4 Å². The Morgan fingerprint density at radius 3 is 2.67 bits per heavy atom.